The highest BCUT2D eigenvalue weighted by Gasteiger charge is 2.19. The number of nitrogens with one attached hydrogen (secondary N) is 1. The van der Waals surface area contributed by atoms with Gasteiger partial charge in [-0.2, -0.15) is 0 Å². The van der Waals surface area contributed by atoms with Gasteiger partial charge in [0.25, 0.3) is 0 Å². The standard InChI is InChI=1S/C34H38N8/c1-7-10-31-36-32-22(4)18-26(34-35-29(17-21(2)3)23(5)41(34)6)19-30(32)42(31)20-24-13-15-25(16-14-24)27-11-8-9-12-28(27)33-37-39-40-38-33/h8-9,11-16,18-19,21H,7,10,17,20H2,1-6H3,(H,37,38,39,40). The van der Waals surface area contributed by atoms with Gasteiger partial charge in [0, 0.05) is 36.8 Å². The molecule has 6 rings (SSSR count). The van der Waals surface area contributed by atoms with E-state index in [2.05, 4.69) is 114 Å². The second kappa shape index (κ2) is 11.4. The van der Waals surface area contributed by atoms with Gasteiger partial charge in [-0.25, -0.2) is 15.1 Å². The number of tetrazole rings is 1. The summed E-state index contributed by atoms with van der Waals surface area (Å²) in [5.74, 6) is 3.36. The second-order valence-corrected chi connectivity index (χ2v) is 11.6. The smallest absolute Gasteiger partial charge is 0.180 e. The molecule has 0 saturated heterocycles. The fraction of sp³-hybridized carbons (Fsp3) is 0.324. The van der Waals surface area contributed by atoms with Gasteiger partial charge in [0.1, 0.15) is 11.6 Å². The number of aromatic nitrogens is 8. The highest BCUT2D eigenvalue weighted by Crippen LogP contribution is 2.32. The van der Waals surface area contributed by atoms with E-state index in [0.29, 0.717) is 11.7 Å². The maximum Gasteiger partial charge on any atom is 0.180 e. The van der Waals surface area contributed by atoms with Crippen LogP contribution in [0.3, 0.4) is 0 Å². The Labute approximate surface area is 246 Å². The Morgan fingerprint density at radius 2 is 1.67 bits per heavy atom. The van der Waals surface area contributed by atoms with Gasteiger partial charge >= 0.3 is 0 Å². The van der Waals surface area contributed by atoms with Gasteiger partial charge in [-0.15, -0.1) is 5.10 Å². The van der Waals surface area contributed by atoms with Crippen molar-refractivity contribution in [3.05, 3.63) is 89.0 Å². The molecule has 0 aliphatic rings. The Hall–Kier alpha value is -4.59. The zero-order chi connectivity index (χ0) is 29.4. The molecule has 0 bridgehead atoms. The largest absolute Gasteiger partial charge is 0.331 e. The fourth-order valence-corrected chi connectivity index (χ4v) is 5.82. The van der Waals surface area contributed by atoms with Crippen LogP contribution in [0.2, 0.25) is 0 Å². The van der Waals surface area contributed by atoms with Crippen molar-refractivity contribution in [3.8, 4) is 33.9 Å². The van der Waals surface area contributed by atoms with Gasteiger partial charge in [0.05, 0.1) is 16.7 Å². The number of aryl methyl sites for hydroxylation is 2. The lowest BCUT2D eigenvalue weighted by atomic mass is 9.98. The normalized spacial score (nSPS) is 11.7. The second-order valence-electron chi connectivity index (χ2n) is 11.6. The molecule has 8 heteroatoms. The minimum atomic E-state index is 0.563. The Morgan fingerprint density at radius 3 is 2.36 bits per heavy atom. The average molecular weight is 559 g/mol. The Kier molecular flexibility index (Phi) is 7.45. The quantitative estimate of drug-likeness (QED) is 0.204. The topological polar surface area (TPSA) is 90.1 Å². The summed E-state index contributed by atoms with van der Waals surface area (Å²) < 4.78 is 4.63. The summed E-state index contributed by atoms with van der Waals surface area (Å²) in [5.41, 5.74) is 11.4. The molecule has 6 aromatic rings. The van der Waals surface area contributed by atoms with E-state index in [1.165, 1.54) is 22.5 Å². The first-order valence-electron chi connectivity index (χ1n) is 14.8. The minimum absolute atomic E-state index is 0.563. The van der Waals surface area contributed by atoms with E-state index in [-0.39, 0.29) is 0 Å². The maximum absolute atomic E-state index is 5.14. The third kappa shape index (κ3) is 5.13. The van der Waals surface area contributed by atoms with Crippen molar-refractivity contribution < 1.29 is 0 Å². The summed E-state index contributed by atoms with van der Waals surface area (Å²) in [6.45, 7) is 11.8. The predicted molar refractivity (Wildman–Crippen MR) is 168 cm³/mol. The molecule has 0 unspecified atom stereocenters. The van der Waals surface area contributed by atoms with Gasteiger partial charge in [-0.3, -0.25) is 0 Å². The lowest BCUT2D eigenvalue weighted by Gasteiger charge is -2.12. The monoisotopic (exact) mass is 558 g/mol. The molecule has 1 N–H and O–H groups in total. The number of nitrogens with zero attached hydrogens (tertiary/aromatic N) is 7. The van der Waals surface area contributed by atoms with Crippen molar-refractivity contribution in [1.29, 1.82) is 0 Å². The molecule has 3 aromatic carbocycles. The molecule has 0 radical (unpaired) electrons. The van der Waals surface area contributed by atoms with Crippen LogP contribution < -0.4 is 0 Å². The van der Waals surface area contributed by atoms with Crippen LogP contribution in [0.4, 0.5) is 0 Å². The van der Waals surface area contributed by atoms with Crippen LogP contribution in [0.25, 0.3) is 44.9 Å². The number of imidazole rings is 2. The summed E-state index contributed by atoms with van der Waals surface area (Å²) in [5, 5.41) is 14.5. The summed E-state index contributed by atoms with van der Waals surface area (Å²) in [6.07, 6.45) is 2.95. The summed E-state index contributed by atoms with van der Waals surface area (Å²) in [7, 11) is 2.12. The van der Waals surface area contributed by atoms with Crippen molar-refractivity contribution >= 4 is 11.0 Å². The van der Waals surface area contributed by atoms with Gasteiger partial charge in [-0.1, -0.05) is 69.3 Å². The average Bonchev–Trinajstić information content (AvgIpc) is 3.70. The molecule has 0 fully saturated rings. The van der Waals surface area contributed by atoms with Gasteiger partial charge < -0.3 is 9.13 Å². The molecule has 0 saturated carbocycles. The number of rotatable bonds is 9. The van der Waals surface area contributed by atoms with E-state index in [4.69, 9.17) is 9.97 Å². The Morgan fingerprint density at radius 1 is 0.905 bits per heavy atom. The summed E-state index contributed by atoms with van der Waals surface area (Å²) >= 11 is 0. The third-order valence-electron chi connectivity index (χ3n) is 8.07. The van der Waals surface area contributed by atoms with E-state index in [1.807, 2.05) is 18.2 Å². The molecule has 3 heterocycles. The van der Waals surface area contributed by atoms with E-state index in [1.54, 1.807) is 0 Å². The van der Waals surface area contributed by atoms with Gasteiger partial charge in [0.2, 0.25) is 0 Å². The van der Waals surface area contributed by atoms with E-state index < -0.39 is 0 Å². The first-order valence-corrected chi connectivity index (χ1v) is 14.8. The molecule has 0 atom stereocenters. The van der Waals surface area contributed by atoms with Gasteiger partial charge in [-0.05, 0) is 77.4 Å². The molecule has 8 nitrogen and oxygen atoms in total. The molecule has 0 aliphatic heterocycles. The number of benzene rings is 3. The van der Waals surface area contributed by atoms with Crippen LogP contribution in [0.15, 0.2) is 60.7 Å². The minimum Gasteiger partial charge on any atom is -0.331 e. The molecule has 0 spiro atoms. The zero-order valence-electron chi connectivity index (χ0n) is 25.3. The molecule has 0 amide bonds. The van der Waals surface area contributed by atoms with Crippen molar-refractivity contribution in [2.75, 3.05) is 0 Å². The highest BCUT2D eigenvalue weighted by molar-refractivity contribution is 5.85. The molecular formula is C34H38N8. The molecule has 214 valence electrons. The molecular weight excluding hydrogens is 520 g/mol. The lowest BCUT2D eigenvalue weighted by molar-refractivity contribution is 0.633. The number of hydrogen-bond acceptors (Lipinski definition) is 5. The van der Waals surface area contributed by atoms with Crippen LogP contribution in [0, 0.1) is 19.8 Å². The number of H-pyrrole nitrogens is 1. The van der Waals surface area contributed by atoms with E-state index in [0.717, 1.165) is 70.7 Å². The molecule has 42 heavy (non-hydrogen) atoms. The van der Waals surface area contributed by atoms with Gasteiger partial charge in [0.15, 0.2) is 5.82 Å². The van der Waals surface area contributed by atoms with Crippen LogP contribution in [0.5, 0.6) is 0 Å². The van der Waals surface area contributed by atoms with Crippen molar-refractivity contribution in [2.45, 2.75) is 60.4 Å². The van der Waals surface area contributed by atoms with Crippen molar-refractivity contribution in [3.63, 3.8) is 0 Å². The maximum atomic E-state index is 5.14. The van der Waals surface area contributed by atoms with Crippen LogP contribution >= 0.6 is 0 Å². The lowest BCUT2D eigenvalue weighted by Crippen LogP contribution is -2.05. The predicted octanol–water partition coefficient (Wildman–Crippen LogP) is 7.10. The van der Waals surface area contributed by atoms with E-state index in [9.17, 15) is 0 Å². The fourth-order valence-electron chi connectivity index (χ4n) is 5.82. The Balaban J connectivity index is 1.38. The van der Waals surface area contributed by atoms with Crippen molar-refractivity contribution in [2.24, 2.45) is 13.0 Å². The third-order valence-corrected chi connectivity index (χ3v) is 8.07. The molecule has 0 aliphatic carbocycles. The Bertz CT molecular complexity index is 1840. The van der Waals surface area contributed by atoms with Crippen LogP contribution in [-0.4, -0.2) is 39.7 Å². The number of aromatic amines is 1. The first-order chi connectivity index (χ1) is 20.3. The first kappa shape index (κ1) is 27.6. The summed E-state index contributed by atoms with van der Waals surface area (Å²) in [4.78, 5) is 10.2. The number of hydrogen-bond donors (Lipinski definition) is 1. The van der Waals surface area contributed by atoms with Crippen molar-refractivity contribution in [1.82, 2.24) is 39.7 Å². The van der Waals surface area contributed by atoms with Crippen LogP contribution in [-0.2, 0) is 26.4 Å². The summed E-state index contributed by atoms with van der Waals surface area (Å²) in [6, 6.07) is 21.5. The van der Waals surface area contributed by atoms with Crippen LogP contribution in [0.1, 0.15) is 55.5 Å². The number of fused-ring (bicyclic) bond motifs is 1. The highest BCUT2D eigenvalue weighted by atomic mass is 15.5. The SMILES string of the molecule is CCCc1nc2c(C)cc(-c3nc(CC(C)C)c(C)n3C)cc2n1Cc1ccc(-c2ccccc2-c2nnn[nH]2)cc1. The van der Waals surface area contributed by atoms with E-state index >= 15 is 0 Å². The zero-order valence-corrected chi connectivity index (χ0v) is 25.3. The molecule has 3 aromatic heterocycles.